The van der Waals surface area contributed by atoms with Crippen molar-refractivity contribution < 1.29 is 80.2 Å². The highest BCUT2D eigenvalue weighted by atomic mass is 31.2. The summed E-state index contributed by atoms with van der Waals surface area (Å²) >= 11 is 0. The number of esters is 4. The Kier molecular flexibility index (Phi) is 62.4. The lowest BCUT2D eigenvalue weighted by atomic mass is 9.99. The molecule has 4 unspecified atom stereocenters. The van der Waals surface area contributed by atoms with Gasteiger partial charge in [-0.2, -0.15) is 0 Å². The van der Waals surface area contributed by atoms with Gasteiger partial charge in [0.1, 0.15) is 19.3 Å². The quantitative estimate of drug-likeness (QED) is 0.0222. The van der Waals surface area contributed by atoms with E-state index in [1.54, 1.807) is 0 Å². The third kappa shape index (κ3) is 64.1. The highest BCUT2D eigenvalue weighted by Crippen LogP contribution is 2.45. The standard InChI is InChI=1S/C73H142O17P2/c1-8-11-12-37-47-54-70(75)83-60-68(89-73(78)57-50-43-36-30-29-31-38-44-51-64(4)5)62-87-91(79,80)85-58-67(74)59-86-92(81,82)88-63-69(90-72(77)56-49-42-35-28-24-20-16-14-18-22-26-33-40-46-53-66(7)10-3)61-84-71(76)55-48-41-34-27-23-19-15-13-17-21-25-32-39-45-52-65(6)9-2/h64-69,74H,8-63H2,1-7H3,(H,79,80)(H,81,82)/t65?,66?,67-,68+,69+/m0/s1. The number of phosphoric acid groups is 2. The summed E-state index contributed by atoms with van der Waals surface area (Å²) in [7, 11) is -9.90. The van der Waals surface area contributed by atoms with Gasteiger partial charge in [-0.3, -0.25) is 37.3 Å². The minimum Gasteiger partial charge on any atom is -0.462 e. The lowest BCUT2D eigenvalue weighted by molar-refractivity contribution is -0.161. The van der Waals surface area contributed by atoms with Crippen LogP contribution in [-0.2, 0) is 65.4 Å². The largest absolute Gasteiger partial charge is 0.472 e. The summed E-state index contributed by atoms with van der Waals surface area (Å²) in [6.45, 7) is 11.9. The van der Waals surface area contributed by atoms with Gasteiger partial charge in [0.05, 0.1) is 26.4 Å². The van der Waals surface area contributed by atoms with E-state index in [1.807, 2.05) is 0 Å². The van der Waals surface area contributed by atoms with Crippen LogP contribution < -0.4 is 0 Å². The monoisotopic (exact) mass is 1350 g/mol. The molecular weight excluding hydrogens is 1210 g/mol. The van der Waals surface area contributed by atoms with Crippen molar-refractivity contribution in [3.63, 3.8) is 0 Å². The molecule has 17 nitrogen and oxygen atoms in total. The van der Waals surface area contributed by atoms with Crippen molar-refractivity contribution in [1.29, 1.82) is 0 Å². The Morgan fingerprint density at radius 1 is 0.315 bits per heavy atom. The molecule has 0 aliphatic rings. The Bertz CT molecular complexity index is 1810. The molecular formula is C73H142O17P2. The van der Waals surface area contributed by atoms with Crippen LogP contribution in [0.25, 0.3) is 0 Å². The zero-order valence-corrected chi connectivity index (χ0v) is 61.8. The maximum Gasteiger partial charge on any atom is 0.472 e. The molecule has 0 radical (unpaired) electrons. The second-order valence-electron chi connectivity index (χ2n) is 27.3. The molecule has 0 fully saturated rings. The van der Waals surface area contributed by atoms with E-state index in [9.17, 15) is 43.2 Å². The number of unbranched alkanes of at least 4 members (excludes halogenated alkanes) is 37. The van der Waals surface area contributed by atoms with E-state index in [0.717, 1.165) is 114 Å². The number of hydrogen-bond donors (Lipinski definition) is 3. The van der Waals surface area contributed by atoms with Crippen molar-refractivity contribution in [2.45, 2.75) is 388 Å². The van der Waals surface area contributed by atoms with Crippen LogP contribution >= 0.6 is 15.6 Å². The number of ether oxygens (including phenoxy) is 4. The van der Waals surface area contributed by atoms with Crippen LogP contribution in [0.1, 0.15) is 370 Å². The van der Waals surface area contributed by atoms with Crippen LogP contribution in [0.3, 0.4) is 0 Å². The fourth-order valence-electron chi connectivity index (χ4n) is 11.0. The van der Waals surface area contributed by atoms with Crippen molar-refractivity contribution in [2.24, 2.45) is 17.8 Å². The summed E-state index contributed by atoms with van der Waals surface area (Å²) in [6.07, 6.45) is 48.9. The van der Waals surface area contributed by atoms with Gasteiger partial charge in [0.15, 0.2) is 12.2 Å². The van der Waals surface area contributed by atoms with E-state index in [0.29, 0.717) is 25.7 Å². The molecule has 0 heterocycles. The fourth-order valence-corrected chi connectivity index (χ4v) is 12.6. The first-order valence-electron chi connectivity index (χ1n) is 37.9. The maximum absolute atomic E-state index is 13.1. The topological polar surface area (TPSA) is 237 Å². The zero-order chi connectivity index (χ0) is 68.0. The SMILES string of the molecule is CCCCCCCC(=O)OC[C@H](COP(=O)(O)OC[C@H](O)COP(=O)(O)OC[C@@H](COC(=O)CCCCCCCCCCCCCCCCC(C)CC)OC(=O)CCCCCCCCCCCCCCCCC(C)CC)OC(=O)CCCCCCCCCCC(C)C. The number of carbonyl (C=O) groups excluding carboxylic acids is 4. The van der Waals surface area contributed by atoms with Gasteiger partial charge in [-0.25, -0.2) is 9.13 Å². The molecule has 3 N–H and O–H groups in total. The summed E-state index contributed by atoms with van der Waals surface area (Å²) in [5, 5.41) is 10.6. The highest BCUT2D eigenvalue weighted by Gasteiger charge is 2.30. The zero-order valence-electron chi connectivity index (χ0n) is 60.0. The molecule has 0 bridgehead atoms. The van der Waals surface area contributed by atoms with Crippen LogP contribution in [0.4, 0.5) is 0 Å². The number of aliphatic hydroxyl groups excluding tert-OH is 1. The second-order valence-corrected chi connectivity index (χ2v) is 30.2. The van der Waals surface area contributed by atoms with Gasteiger partial charge in [-0.05, 0) is 43.4 Å². The van der Waals surface area contributed by atoms with E-state index < -0.39 is 97.5 Å². The molecule has 0 saturated carbocycles. The maximum atomic E-state index is 13.1. The van der Waals surface area contributed by atoms with E-state index in [2.05, 4.69) is 48.5 Å². The van der Waals surface area contributed by atoms with Crippen molar-refractivity contribution in [1.82, 2.24) is 0 Å². The van der Waals surface area contributed by atoms with Crippen LogP contribution in [0.2, 0.25) is 0 Å². The predicted molar refractivity (Wildman–Crippen MR) is 372 cm³/mol. The third-order valence-electron chi connectivity index (χ3n) is 17.6. The van der Waals surface area contributed by atoms with E-state index >= 15 is 0 Å². The number of aliphatic hydroxyl groups is 1. The Morgan fingerprint density at radius 2 is 0.554 bits per heavy atom. The molecule has 0 aromatic carbocycles. The Hall–Kier alpha value is -1.94. The molecule has 92 heavy (non-hydrogen) atoms. The summed E-state index contributed by atoms with van der Waals surface area (Å²) in [4.78, 5) is 72.4. The Labute approximate surface area is 562 Å². The molecule has 0 saturated heterocycles. The molecule has 0 aromatic rings. The van der Waals surface area contributed by atoms with Gasteiger partial charge < -0.3 is 33.8 Å². The lowest BCUT2D eigenvalue weighted by Crippen LogP contribution is -2.30. The average Bonchev–Trinajstić information content (AvgIpc) is 3.36. The van der Waals surface area contributed by atoms with Gasteiger partial charge in [0, 0.05) is 25.7 Å². The first-order valence-corrected chi connectivity index (χ1v) is 40.9. The van der Waals surface area contributed by atoms with E-state index in [1.165, 1.54) is 173 Å². The van der Waals surface area contributed by atoms with Gasteiger partial charge in [0.25, 0.3) is 0 Å². The molecule has 546 valence electrons. The minimum absolute atomic E-state index is 0.103. The van der Waals surface area contributed by atoms with Crippen LogP contribution in [0.5, 0.6) is 0 Å². The average molecular weight is 1350 g/mol. The van der Waals surface area contributed by atoms with Gasteiger partial charge in [0.2, 0.25) is 0 Å². The summed E-state index contributed by atoms with van der Waals surface area (Å²) < 4.78 is 68.2. The number of rotatable bonds is 71. The van der Waals surface area contributed by atoms with Crippen molar-refractivity contribution >= 4 is 39.5 Å². The van der Waals surface area contributed by atoms with Gasteiger partial charge >= 0.3 is 39.5 Å². The van der Waals surface area contributed by atoms with Crippen LogP contribution in [0.15, 0.2) is 0 Å². The van der Waals surface area contributed by atoms with E-state index in [4.69, 9.17) is 37.0 Å². The molecule has 0 aromatic heterocycles. The Morgan fingerprint density at radius 3 is 0.826 bits per heavy atom. The molecule has 0 amide bonds. The third-order valence-corrected chi connectivity index (χ3v) is 19.5. The molecule has 19 heteroatoms. The highest BCUT2D eigenvalue weighted by molar-refractivity contribution is 7.47. The van der Waals surface area contributed by atoms with Gasteiger partial charge in [-0.1, -0.05) is 318 Å². The van der Waals surface area contributed by atoms with Crippen LogP contribution in [-0.4, -0.2) is 96.7 Å². The summed E-state index contributed by atoms with van der Waals surface area (Å²) in [5.41, 5.74) is 0. The molecule has 7 atom stereocenters. The Balaban J connectivity index is 5.15. The molecule has 0 aliphatic carbocycles. The smallest absolute Gasteiger partial charge is 0.462 e. The second kappa shape index (κ2) is 63.8. The van der Waals surface area contributed by atoms with Crippen molar-refractivity contribution in [3.8, 4) is 0 Å². The lowest BCUT2D eigenvalue weighted by Gasteiger charge is -2.21. The molecule has 0 rings (SSSR count). The first-order chi connectivity index (χ1) is 44.3. The number of phosphoric ester groups is 2. The van der Waals surface area contributed by atoms with E-state index in [-0.39, 0.29) is 25.7 Å². The number of hydrogen-bond acceptors (Lipinski definition) is 15. The predicted octanol–water partition coefficient (Wildman–Crippen LogP) is 21.0. The molecule has 0 spiro atoms. The van der Waals surface area contributed by atoms with Crippen LogP contribution in [0, 0.1) is 17.8 Å². The minimum atomic E-state index is -4.95. The van der Waals surface area contributed by atoms with Crippen molar-refractivity contribution in [3.05, 3.63) is 0 Å². The summed E-state index contributed by atoms with van der Waals surface area (Å²) in [5.74, 6) is 0.280. The number of carbonyl (C=O) groups is 4. The van der Waals surface area contributed by atoms with Gasteiger partial charge in [-0.15, -0.1) is 0 Å². The summed E-state index contributed by atoms with van der Waals surface area (Å²) in [6, 6.07) is 0. The fraction of sp³-hybridized carbons (Fsp3) is 0.945. The first kappa shape index (κ1) is 90.1. The molecule has 0 aliphatic heterocycles. The van der Waals surface area contributed by atoms with Crippen molar-refractivity contribution in [2.75, 3.05) is 39.6 Å². The normalized spacial score (nSPS) is 14.7.